The summed E-state index contributed by atoms with van der Waals surface area (Å²) < 4.78 is 0. The van der Waals surface area contributed by atoms with E-state index in [1.165, 1.54) is 22.2 Å². The number of carbonyl (C=O) groups excluding carboxylic acids is 1. The van der Waals surface area contributed by atoms with Gasteiger partial charge in [-0.15, -0.1) is 11.3 Å². The molecule has 0 fully saturated rings. The van der Waals surface area contributed by atoms with Gasteiger partial charge in [0.05, 0.1) is 5.75 Å². The Hall–Kier alpha value is -2.12. The van der Waals surface area contributed by atoms with Crippen LogP contribution in [0.2, 0.25) is 0 Å². The van der Waals surface area contributed by atoms with Gasteiger partial charge in [0.2, 0.25) is 5.91 Å². The third-order valence-corrected chi connectivity index (χ3v) is 6.80. The summed E-state index contributed by atoms with van der Waals surface area (Å²) >= 11 is 3.19. The van der Waals surface area contributed by atoms with Gasteiger partial charge in [0, 0.05) is 43.6 Å². The monoisotopic (exact) mass is 414 g/mol. The lowest BCUT2D eigenvalue weighted by Gasteiger charge is -2.18. The minimum absolute atomic E-state index is 0.0932. The maximum Gasteiger partial charge on any atom is 0.233 e. The first-order valence-corrected chi connectivity index (χ1v) is 10.9. The van der Waals surface area contributed by atoms with Crippen LogP contribution in [0.5, 0.6) is 0 Å². The second-order valence-electron chi connectivity index (χ2n) is 7.14. The van der Waals surface area contributed by atoms with E-state index in [-0.39, 0.29) is 5.91 Å². The number of aromatic nitrogens is 2. The van der Waals surface area contributed by atoms with E-state index in [2.05, 4.69) is 53.0 Å². The summed E-state index contributed by atoms with van der Waals surface area (Å²) in [5.74, 6) is 1.21. The van der Waals surface area contributed by atoms with Crippen LogP contribution in [0.15, 0.2) is 29.3 Å². The third-order valence-electron chi connectivity index (χ3n) is 4.74. The number of fused-ring (bicyclic) bond motifs is 1. The van der Waals surface area contributed by atoms with Crippen molar-refractivity contribution in [3.63, 3.8) is 0 Å². The predicted molar refractivity (Wildman–Crippen MR) is 120 cm³/mol. The van der Waals surface area contributed by atoms with Gasteiger partial charge < -0.3 is 9.80 Å². The third kappa shape index (κ3) is 4.47. The van der Waals surface area contributed by atoms with Gasteiger partial charge in [-0.25, -0.2) is 9.97 Å². The molecule has 5 nitrogen and oxygen atoms in total. The standard InChI is InChI=1S/C21H26N4OS2/c1-13-14(2)28-21-19(13)20(22-15(3)23-21)27-12-18(26)25(6)11-16-7-9-17(10-8-16)24(4)5/h7-10H,11-12H2,1-6H3. The van der Waals surface area contributed by atoms with Crippen LogP contribution in [0.4, 0.5) is 5.69 Å². The van der Waals surface area contributed by atoms with E-state index in [0.29, 0.717) is 12.3 Å². The number of thioether (sulfide) groups is 1. The summed E-state index contributed by atoms with van der Waals surface area (Å²) in [7, 11) is 5.89. The Bertz CT molecular complexity index is 996. The van der Waals surface area contributed by atoms with E-state index in [1.807, 2.05) is 28.1 Å². The van der Waals surface area contributed by atoms with Crippen LogP contribution >= 0.6 is 23.1 Å². The molecule has 0 saturated carbocycles. The number of hydrogen-bond acceptors (Lipinski definition) is 6. The number of nitrogens with zero attached hydrogens (tertiary/aromatic N) is 4. The highest BCUT2D eigenvalue weighted by Gasteiger charge is 2.16. The summed E-state index contributed by atoms with van der Waals surface area (Å²) in [5.41, 5.74) is 3.48. The van der Waals surface area contributed by atoms with Gasteiger partial charge in [-0.05, 0) is 44.0 Å². The molecule has 0 N–H and O–H groups in total. The highest BCUT2D eigenvalue weighted by Crippen LogP contribution is 2.35. The molecule has 148 valence electrons. The first-order valence-electron chi connectivity index (χ1n) is 9.13. The molecule has 2 aromatic heterocycles. The molecule has 0 atom stereocenters. The molecule has 0 aliphatic carbocycles. The van der Waals surface area contributed by atoms with E-state index in [0.717, 1.165) is 32.3 Å². The van der Waals surface area contributed by atoms with Gasteiger partial charge in [-0.2, -0.15) is 0 Å². The van der Waals surface area contributed by atoms with Crippen LogP contribution in [-0.4, -0.2) is 47.7 Å². The number of hydrogen-bond donors (Lipinski definition) is 0. The molecular weight excluding hydrogens is 388 g/mol. The van der Waals surface area contributed by atoms with E-state index >= 15 is 0 Å². The zero-order chi connectivity index (χ0) is 20.4. The van der Waals surface area contributed by atoms with Crippen LogP contribution in [0.3, 0.4) is 0 Å². The quantitative estimate of drug-likeness (QED) is 0.441. The van der Waals surface area contributed by atoms with E-state index < -0.39 is 0 Å². The number of anilines is 1. The summed E-state index contributed by atoms with van der Waals surface area (Å²) in [6, 6.07) is 8.29. The average Bonchev–Trinajstić information content (AvgIpc) is 2.93. The molecule has 0 bridgehead atoms. The molecule has 0 saturated heterocycles. The van der Waals surface area contributed by atoms with E-state index in [4.69, 9.17) is 0 Å². The van der Waals surface area contributed by atoms with Crippen LogP contribution in [0.25, 0.3) is 10.2 Å². The Morgan fingerprint density at radius 2 is 1.75 bits per heavy atom. The highest BCUT2D eigenvalue weighted by atomic mass is 32.2. The van der Waals surface area contributed by atoms with Crippen LogP contribution in [-0.2, 0) is 11.3 Å². The Balaban J connectivity index is 1.67. The van der Waals surface area contributed by atoms with Crippen molar-refractivity contribution >= 4 is 44.9 Å². The van der Waals surface area contributed by atoms with Gasteiger partial charge in [0.1, 0.15) is 15.7 Å². The van der Waals surface area contributed by atoms with Crippen molar-refractivity contribution in [2.45, 2.75) is 32.3 Å². The Labute approximate surface area is 174 Å². The topological polar surface area (TPSA) is 49.3 Å². The molecule has 1 amide bonds. The van der Waals surface area contributed by atoms with Gasteiger partial charge in [0.25, 0.3) is 0 Å². The van der Waals surface area contributed by atoms with Gasteiger partial charge in [-0.3, -0.25) is 4.79 Å². The van der Waals surface area contributed by atoms with Crippen molar-refractivity contribution in [1.82, 2.24) is 14.9 Å². The zero-order valence-electron chi connectivity index (χ0n) is 17.2. The lowest BCUT2D eigenvalue weighted by molar-refractivity contribution is -0.127. The molecule has 0 aliphatic rings. The largest absolute Gasteiger partial charge is 0.378 e. The predicted octanol–water partition coefficient (Wildman–Crippen LogP) is 4.43. The molecule has 7 heteroatoms. The normalized spacial score (nSPS) is 11.1. The summed E-state index contributed by atoms with van der Waals surface area (Å²) in [4.78, 5) is 27.9. The molecule has 0 radical (unpaired) electrons. The second kappa shape index (κ2) is 8.49. The zero-order valence-corrected chi connectivity index (χ0v) is 18.9. The first-order chi connectivity index (χ1) is 13.3. The van der Waals surface area contributed by atoms with Crippen molar-refractivity contribution in [1.29, 1.82) is 0 Å². The summed E-state index contributed by atoms with van der Waals surface area (Å²) in [5, 5.41) is 1.99. The summed E-state index contributed by atoms with van der Waals surface area (Å²) in [6.07, 6.45) is 0. The fraction of sp³-hybridized carbons (Fsp3) is 0.381. The Morgan fingerprint density at radius 1 is 1.07 bits per heavy atom. The second-order valence-corrected chi connectivity index (χ2v) is 9.31. The molecular formula is C21H26N4OS2. The van der Waals surface area contributed by atoms with Crippen LogP contribution in [0, 0.1) is 20.8 Å². The van der Waals surface area contributed by atoms with E-state index in [9.17, 15) is 4.79 Å². The molecule has 0 spiro atoms. The fourth-order valence-electron chi connectivity index (χ4n) is 2.92. The number of carbonyl (C=O) groups is 1. The molecule has 3 aromatic rings. The molecule has 2 heterocycles. The molecule has 28 heavy (non-hydrogen) atoms. The Morgan fingerprint density at radius 3 is 2.39 bits per heavy atom. The smallest absolute Gasteiger partial charge is 0.233 e. The number of aryl methyl sites for hydroxylation is 3. The lowest BCUT2D eigenvalue weighted by Crippen LogP contribution is -2.27. The SMILES string of the molecule is Cc1nc(SCC(=O)N(C)Cc2ccc(N(C)C)cc2)c2c(C)c(C)sc2n1. The number of amides is 1. The first kappa shape index (κ1) is 20.6. The van der Waals surface area contributed by atoms with Gasteiger partial charge in [0.15, 0.2) is 0 Å². The molecule has 0 unspecified atom stereocenters. The lowest BCUT2D eigenvalue weighted by atomic mass is 10.2. The minimum atomic E-state index is 0.0932. The van der Waals surface area contributed by atoms with Crippen LogP contribution < -0.4 is 4.90 Å². The molecule has 3 rings (SSSR count). The molecule has 0 aliphatic heterocycles. The fourth-order valence-corrected chi connectivity index (χ4v) is 5.13. The van der Waals surface area contributed by atoms with Gasteiger partial charge in [-0.1, -0.05) is 23.9 Å². The van der Waals surface area contributed by atoms with Crippen molar-refractivity contribution in [3.05, 3.63) is 46.1 Å². The number of benzene rings is 1. The van der Waals surface area contributed by atoms with Crippen LogP contribution in [0.1, 0.15) is 21.8 Å². The maximum atomic E-state index is 12.7. The molecule has 1 aromatic carbocycles. The van der Waals surface area contributed by atoms with Crippen molar-refractivity contribution < 1.29 is 4.79 Å². The highest BCUT2D eigenvalue weighted by molar-refractivity contribution is 8.00. The Kier molecular flexibility index (Phi) is 6.25. The van der Waals surface area contributed by atoms with Crippen molar-refractivity contribution in [3.8, 4) is 0 Å². The van der Waals surface area contributed by atoms with Gasteiger partial charge >= 0.3 is 0 Å². The minimum Gasteiger partial charge on any atom is -0.378 e. The van der Waals surface area contributed by atoms with Crippen molar-refractivity contribution in [2.24, 2.45) is 0 Å². The number of thiophene rings is 1. The van der Waals surface area contributed by atoms with E-state index in [1.54, 1.807) is 16.2 Å². The average molecular weight is 415 g/mol. The maximum absolute atomic E-state index is 12.7. The number of rotatable bonds is 6. The summed E-state index contributed by atoms with van der Waals surface area (Å²) in [6.45, 7) is 6.70. The van der Waals surface area contributed by atoms with Crippen molar-refractivity contribution in [2.75, 3.05) is 31.8 Å².